The monoisotopic (exact) mass is 296 g/mol. The van der Waals surface area contributed by atoms with E-state index >= 15 is 0 Å². The minimum absolute atomic E-state index is 0.294. The van der Waals surface area contributed by atoms with E-state index in [4.69, 9.17) is 5.73 Å². The summed E-state index contributed by atoms with van der Waals surface area (Å²) in [6.07, 6.45) is 6.02. The molecule has 0 amide bonds. The first kappa shape index (κ1) is 14.3. The molecule has 6 nitrogen and oxygen atoms in total. The van der Waals surface area contributed by atoms with Gasteiger partial charge in [-0.05, 0) is 24.6 Å². The topological polar surface area (TPSA) is 81.6 Å². The van der Waals surface area contributed by atoms with Crippen molar-refractivity contribution >= 4 is 22.8 Å². The van der Waals surface area contributed by atoms with Gasteiger partial charge >= 0.3 is 0 Å². The Morgan fingerprint density at radius 3 is 2.91 bits per heavy atom. The molecule has 0 unspecified atom stereocenters. The first-order valence-electron chi connectivity index (χ1n) is 7.54. The van der Waals surface area contributed by atoms with Gasteiger partial charge in [0.1, 0.15) is 5.52 Å². The van der Waals surface area contributed by atoms with Crippen LogP contribution in [-0.4, -0.2) is 26.1 Å². The van der Waals surface area contributed by atoms with Crippen LogP contribution in [0.5, 0.6) is 0 Å². The second-order valence-electron chi connectivity index (χ2n) is 5.21. The van der Waals surface area contributed by atoms with E-state index in [2.05, 4.69) is 31.8 Å². The molecule has 0 aromatic carbocycles. The van der Waals surface area contributed by atoms with E-state index in [1.54, 1.807) is 6.20 Å². The Kier molecular flexibility index (Phi) is 4.18. The maximum Gasteiger partial charge on any atom is 0.222 e. The fourth-order valence-corrected chi connectivity index (χ4v) is 2.43. The molecule has 0 aliphatic heterocycles. The minimum Gasteiger partial charge on any atom is -0.368 e. The largest absolute Gasteiger partial charge is 0.368 e. The highest BCUT2D eigenvalue weighted by Crippen LogP contribution is 2.23. The molecule has 0 aliphatic carbocycles. The van der Waals surface area contributed by atoms with Crippen molar-refractivity contribution in [3.8, 4) is 0 Å². The van der Waals surface area contributed by atoms with E-state index in [9.17, 15) is 0 Å². The molecule has 3 rings (SSSR count). The number of nitrogens with zero attached hydrogens (tertiary/aromatic N) is 4. The third-order valence-electron chi connectivity index (χ3n) is 3.51. The zero-order chi connectivity index (χ0) is 15.4. The van der Waals surface area contributed by atoms with Crippen molar-refractivity contribution in [3.05, 3.63) is 42.4 Å². The van der Waals surface area contributed by atoms with E-state index in [1.807, 2.05) is 30.5 Å². The number of fused-ring (bicyclic) bond motifs is 1. The van der Waals surface area contributed by atoms with Crippen molar-refractivity contribution in [2.75, 3.05) is 17.6 Å². The van der Waals surface area contributed by atoms with E-state index < -0.39 is 0 Å². The van der Waals surface area contributed by atoms with Crippen LogP contribution >= 0.6 is 0 Å². The van der Waals surface area contributed by atoms with Gasteiger partial charge in [0.25, 0.3) is 0 Å². The van der Waals surface area contributed by atoms with Crippen LogP contribution in [0.3, 0.4) is 0 Å². The van der Waals surface area contributed by atoms with Gasteiger partial charge in [-0.1, -0.05) is 19.4 Å². The summed E-state index contributed by atoms with van der Waals surface area (Å²) in [5.74, 6) is 1.08. The van der Waals surface area contributed by atoms with Crippen LogP contribution in [0.2, 0.25) is 0 Å². The van der Waals surface area contributed by atoms with Gasteiger partial charge < -0.3 is 15.6 Å². The molecule has 6 heteroatoms. The molecule has 3 N–H and O–H groups in total. The van der Waals surface area contributed by atoms with Crippen LogP contribution in [0.25, 0.3) is 11.0 Å². The van der Waals surface area contributed by atoms with Gasteiger partial charge in [0, 0.05) is 18.9 Å². The molecule has 3 heterocycles. The maximum atomic E-state index is 5.81. The summed E-state index contributed by atoms with van der Waals surface area (Å²) in [6.45, 7) is 3.71. The predicted octanol–water partition coefficient (Wildman–Crippen LogP) is 2.67. The van der Waals surface area contributed by atoms with E-state index in [0.717, 1.165) is 41.9 Å². The molecule has 22 heavy (non-hydrogen) atoms. The molecule has 0 saturated heterocycles. The molecule has 3 aromatic rings. The Morgan fingerprint density at radius 2 is 2.14 bits per heavy atom. The molecular weight excluding hydrogens is 276 g/mol. The third-order valence-corrected chi connectivity index (χ3v) is 3.51. The summed E-state index contributed by atoms with van der Waals surface area (Å²) >= 11 is 0. The second-order valence-corrected chi connectivity index (χ2v) is 5.21. The summed E-state index contributed by atoms with van der Waals surface area (Å²) in [5.41, 5.74) is 8.62. The highest BCUT2D eigenvalue weighted by molar-refractivity contribution is 5.87. The number of unbranched alkanes of at least 4 members (excludes halogenated alkanes) is 1. The Labute approximate surface area is 129 Å². The van der Waals surface area contributed by atoms with Gasteiger partial charge in [0.15, 0.2) is 5.82 Å². The Balaban J connectivity index is 1.96. The molecule has 0 atom stereocenters. The molecule has 0 bridgehead atoms. The summed E-state index contributed by atoms with van der Waals surface area (Å²) in [4.78, 5) is 13.1. The van der Waals surface area contributed by atoms with Crippen molar-refractivity contribution < 1.29 is 0 Å². The van der Waals surface area contributed by atoms with Crippen LogP contribution in [0.15, 0.2) is 36.7 Å². The highest BCUT2D eigenvalue weighted by atomic mass is 15.1. The van der Waals surface area contributed by atoms with Crippen molar-refractivity contribution in [1.82, 2.24) is 19.5 Å². The number of anilines is 2. The van der Waals surface area contributed by atoms with E-state index in [0.29, 0.717) is 12.5 Å². The van der Waals surface area contributed by atoms with Crippen LogP contribution < -0.4 is 11.1 Å². The van der Waals surface area contributed by atoms with Gasteiger partial charge in [-0.15, -0.1) is 0 Å². The summed E-state index contributed by atoms with van der Waals surface area (Å²) in [5, 5.41) is 3.37. The number of rotatable bonds is 6. The first-order chi connectivity index (χ1) is 10.8. The molecular formula is C16H20N6. The summed E-state index contributed by atoms with van der Waals surface area (Å²) in [7, 11) is 0. The normalized spacial score (nSPS) is 11.0. The Morgan fingerprint density at radius 1 is 1.23 bits per heavy atom. The zero-order valence-corrected chi connectivity index (χ0v) is 12.7. The average molecular weight is 296 g/mol. The van der Waals surface area contributed by atoms with E-state index in [-0.39, 0.29) is 0 Å². The van der Waals surface area contributed by atoms with Crippen molar-refractivity contribution in [3.63, 3.8) is 0 Å². The molecule has 0 radical (unpaired) electrons. The summed E-state index contributed by atoms with van der Waals surface area (Å²) < 4.78 is 2.10. The second kappa shape index (κ2) is 6.43. The van der Waals surface area contributed by atoms with Gasteiger partial charge in [0.2, 0.25) is 5.95 Å². The lowest BCUT2D eigenvalue weighted by Gasteiger charge is -2.11. The fourth-order valence-electron chi connectivity index (χ4n) is 2.43. The van der Waals surface area contributed by atoms with Crippen molar-refractivity contribution in [2.24, 2.45) is 0 Å². The van der Waals surface area contributed by atoms with Crippen molar-refractivity contribution in [2.45, 2.75) is 26.3 Å². The number of aromatic nitrogens is 4. The quantitative estimate of drug-likeness (QED) is 0.683. The van der Waals surface area contributed by atoms with Crippen molar-refractivity contribution in [1.29, 1.82) is 0 Å². The predicted molar refractivity (Wildman–Crippen MR) is 88.7 cm³/mol. The molecule has 0 spiro atoms. The third kappa shape index (κ3) is 3.00. The Bertz CT molecular complexity index is 750. The number of nitrogen functional groups attached to an aromatic ring is 1. The van der Waals surface area contributed by atoms with Gasteiger partial charge in [-0.25, -0.2) is 4.98 Å². The Hall–Kier alpha value is -2.63. The lowest BCUT2D eigenvalue weighted by Crippen LogP contribution is -2.09. The minimum atomic E-state index is 0.294. The molecule has 0 saturated carbocycles. The van der Waals surface area contributed by atoms with Crippen LogP contribution in [0.4, 0.5) is 11.8 Å². The number of nitrogens with two attached hydrogens (primary N) is 1. The first-order valence-corrected chi connectivity index (χ1v) is 7.54. The van der Waals surface area contributed by atoms with Gasteiger partial charge in [-0.3, -0.25) is 4.98 Å². The van der Waals surface area contributed by atoms with Gasteiger partial charge in [-0.2, -0.15) is 4.98 Å². The van der Waals surface area contributed by atoms with Crippen LogP contribution in [0, 0.1) is 0 Å². The number of hydrogen-bond acceptors (Lipinski definition) is 5. The standard InChI is InChI=1S/C16H20N6/c1-2-3-8-19-15-14-13(20-16(17)21-15)7-10-22(14)11-12-6-4-5-9-18-12/h4-7,9-10H,2-3,8,11H2,1H3,(H3,17,19,20,21). The van der Waals surface area contributed by atoms with E-state index in [1.165, 1.54) is 0 Å². The van der Waals surface area contributed by atoms with Gasteiger partial charge in [0.05, 0.1) is 17.8 Å². The smallest absolute Gasteiger partial charge is 0.222 e. The fraction of sp³-hybridized carbons (Fsp3) is 0.312. The van der Waals surface area contributed by atoms with Crippen LogP contribution in [0.1, 0.15) is 25.5 Å². The molecule has 0 fully saturated rings. The number of hydrogen-bond donors (Lipinski definition) is 2. The molecule has 3 aromatic heterocycles. The maximum absolute atomic E-state index is 5.81. The molecule has 114 valence electrons. The molecule has 0 aliphatic rings. The highest BCUT2D eigenvalue weighted by Gasteiger charge is 2.11. The SMILES string of the molecule is CCCCNc1nc(N)nc2ccn(Cc3ccccn3)c12. The lowest BCUT2D eigenvalue weighted by atomic mass is 10.3. The number of nitrogens with one attached hydrogen (secondary N) is 1. The van der Waals surface area contributed by atoms with Crippen LogP contribution in [-0.2, 0) is 6.54 Å². The lowest BCUT2D eigenvalue weighted by molar-refractivity contribution is 0.801. The average Bonchev–Trinajstić information content (AvgIpc) is 2.91. The zero-order valence-electron chi connectivity index (χ0n) is 12.7. The number of pyridine rings is 1. The summed E-state index contributed by atoms with van der Waals surface area (Å²) in [6, 6.07) is 7.87.